The highest BCUT2D eigenvalue weighted by Gasteiger charge is 2.07. The van der Waals surface area contributed by atoms with Gasteiger partial charge in [-0.1, -0.05) is 35.5 Å². The van der Waals surface area contributed by atoms with Crippen LogP contribution in [0.2, 0.25) is 0 Å². The maximum absolute atomic E-state index is 11.4. The quantitative estimate of drug-likeness (QED) is 0.655. The van der Waals surface area contributed by atoms with Gasteiger partial charge in [-0.05, 0) is 29.8 Å². The Morgan fingerprint density at radius 3 is 2.83 bits per heavy atom. The lowest BCUT2D eigenvalue weighted by molar-refractivity contribution is -0.144. The van der Waals surface area contributed by atoms with E-state index in [0.717, 1.165) is 11.1 Å². The van der Waals surface area contributed by atoms with Gasteiger partial charge in [-0.3, -0.25) is 4.79 Å². The summed E-state index contributed by atoms with van der Waals surface area (Å²) in [7, 11) is 0. The van der Waals surface area contributed by atoms with Crippen LogP contribution < -0.4 is 4.74 Å². The number of nitrogens with zero attached hydrogens (tertiary/aromatic N) is 3. The van der Waals surface area contributed by atoms with Crippen LogP contribution in [0.3, 0.4) is 0 Å². The summed E-state index contributed by atoms with van der Waals surface area (Å²) >= 11 is 0. The van der Waals surface area contributed by atoms with Gasteiger partial charge in [-0.15, -0.1) is 5.10 Å². The highest BCUT2D eigenvalue weighted by molar-refractivity contribution is 5.83. The second-order valence-corrected chi connectivity index (χ2v) is 5.01. The van der Waals surface area contributed by atoms with E-state index in [1.165, 1.54) is 10.1 Å². The maximum atomic E-state index is 11.4. The van der Waals surface area contributed by atoms with Gasteiger partial charge in [-0.2, -0.15) is 0 Å². The molecule has 1 aromatic heterocycles. The van der Waals surface area contributed by atoms with E-state index in [1.54, 1.807) is 13.1 Å². The molecule has 0 bridgehead atoms. The van der Waals surface area contributed by atoms with E-state index in [1.807, 2.05) is 36.4 Å². The van der Waals surface area contributed by atoms with Crippen molar-refractivity contribution in [2.45, 2.75) is 20.1 Å². The summed E-state index contributed by atoms with van der Waals surface area (Å²) in [5.74, 6) is 0.433. The van der Waals surface area contributed by atoms with Gasteiger partial charge in [0.1, 0.15) is 24.6 Å². The fraction of sp³-hybridized carbons (Fsp3) is 0.235. The van der Waals surface area contributed by atoms with Crippen LogP contribution >= 0.6 is 0 Å². The van der Waals surface area contributed by atoms with Crippen molar-refractivity contribution in [3.05, 3.63) is 54.4 Å². The molecule has 0 aliphatic rings. The van der Waals surface area contributed by atoms with Crippen molar-refractivity contribution in [1.82, 2.24) is 15.0 Å². The molecular weight excluding hydrogens is 294 g/mol. The first-order chi connectivity index (χ1) is 11.2. The summed E-state index contributed by atoms with van der Waals surface area (Å²) in [6.45, 7) is 2.46. The molecule has 0 aliphatic heterocycles. The lowest BCUT2D eigenvalue weighted by atomic mass is 10.1. The summed E-state index contributed by atoms with van der Waals surface area (Å²) in [6.07, 6.45) is 1.68. The Morgan fingerprint density at radius 1 is 1.17 bits per heavy atom. The van der Waals surface area contributed by atoms with Crippen LogP contribution in [0.25, 0.3) is 10.8 Å². The van der Waals surface area contributed by atoms with Crippen molar-refractivity contribution in [3.63, 3.8) is 0 Å². The minimum absolute atomic E-state index is 0.0524. The number of rotatable bonds is 6. The number of esters is 1. The lowest BCUT2D eigenvalue weighted by Crippen LogP contribution is -2.13. The Hall–Kier alpha value is -2.89. The average Bonchev–Trinajstić information content (AvgIpc) is 3.00. The number of fused-ring (bicyclic) bond motifs is 1. The predicted molar refractivity (Wildman–Crippen MR) is 84.9 cm³/mol. The normalized spacial score (nSPS) is 10.7. The first-order valence-electron chi connectivity index (χ1n) is 7.41. The van der Waals surface area contributed by atoms with Gasteiger partial charge >= 0.3 is 5.97 Å². The Kier molecular flexibility index (Phi) is 4.52. The number of ether oxygens (including phenoxy) is 2. The van der Waals surface area contributed by atoms with E-state index in [2.05, 4.69) is 16.4 Å². The van der Waals surface area contributed by atoms with Gasteiger partial charge in [0.2, 0.25) is 0 Å². The molecule has 0 fully saturated rings. The SMILES string of the molecule is CCOC(=O)Cn1cc(COc2ccc3ccccc3c2)nn1. The Balaban J connectivity index is 1.61. The van der Waals surface area contributed by atoms with E-state index in [9.17, 15) is 4.79 Å². The van der Waals surface area contributed by atoms with Crippen molar-refractivity contribution >= 4 is 16.7 Å². The average molecular weight is 311 g/mol. The molecule has 118 valence electrons. The number of aromatic nitrogens is 3. The van der Waals surface area contributed by atoms with E-state index < -0.39 is 0 Å². The molecule has 3 rings (SSSR count). The number of benzene rings is 2. The first kappa shape index (κ1) is 15.0. The fourth-order valence-corrected chi connectivity index (χ4v) is 2.24. The van der Waals surface area contributed by atoms with Crippen LogP contribution in [-0.2, 0) is 22.7 Å². The molecule has 0 N–H and O–H groups in total. The number of carbonyl (C=O) groups excluding carboxylic acids is 1. The van der Waals surface area contributed by atoms with Gasteiger partial charge in [0.25, 0.3) is 0 Å². The zero-order valence-electron chi connectivity index (χ0n) is 12.8. The maximum Gasteiger partial charge on any atom is 0.327 e. The van der Waals surface area contributed by atoms with E-state index in [-0.39, 0.29) is 12.5 Å². The van der Waals surface area contributed by atoms with Gasteiger partial charge in [0.15, 0.2) is 0 Å². The summed E-state index contributed by atoms with van der Waals surface area (Å²) in [4.78, 5) is 11.4. The predicted octanol–water partition coefficient (Wildman–Crippen LogP) is 2.57. The van der Waals surface area contributed by atoms with Crippen molar-refractivity contribution in [2.75, 3.05) is 6.61 Å². The minimum atomic E-state index is -0.334. The zero-order valence-corrected chi connectivity index (χ0v) is 12.8. The second-order valence-electron chi connectivity index (χ2n) is 5.01. The van der Waals surface area contributed by atoms with E-state index >= 15 is 0 Å². The molecule has 0 saturated carbocycles. The summed E-state index contributed by atoms with van der Waals surface area (Å²) in [5.41, 5.74) is 0.655. The van der Waals surface area contributed by atoms with Gasteiger partial charge in [0, 0.05) is 0 Å². The first-order valence-corrected chi connectivity index (χ1v) is 7.41. The lowest BCUT2D eigenvalue weighted by Gasteiger charge is -2.05. The highest BCUT2D eigenvalue weighted by Crippen LogP contribution is 2.21. The third-order valence-electron chi connectivity index (χ3n) is 3.29. The molecule has 1 heterocycles. The van der Waals surface area contributed by atoms with Crippen molar-refractivity contribution in [3.8, 4) is 5.75 Å². The molecule has 6 nitrogen and oxygen atoms in total. The largest absolute Gasteiger partial charge is 0.487 e. The van der Waals surface area contributed by atoms with Crippen molar-refractivity contribution < 1.29 is 14.3 Å². The second kappa shape index (κ2) is 6.91. The summed E-state index contributed by atoms with van der Waals surface area (Å²) in [5, 5.41) is 10.2. The molecule has 0 saturated heterocycles. The Bertz CT molecular complexity index is 813. The molecule has 0 spiro atoms. The number of carbonyl (C=O) groups is 1. The molecule has 23 heavy (non-hydrogen) atoms. The monoisotopic (exact) mass is 311 g/mol. The molecule has 0 aliphatic carbocycles. The van der Waals surface area contributed by atoms with Crippen molar-refractivity contribution in [1.29, 1.82) is 0 Å². The summed E-state index contributed by atoms with van der Waals surface area (Å²) in [6, 6.07) is 14.0. The number of hydrogen-bond donors (Lipinski definition) is 0. The van der Waals surface area contributed by atoms with Crippen LogP contribution in [0.4, 0.5) is 0 Å². The molecule has 3 aromatic rings. The van der Waals surface area contributed by atoms with Crippen LogP contribution in [0.15, 0.2) is 48.7 Å². The van der Waals surface area contributed by atoms with Gasteiger partial charge in [-0.25, -0.2) is 4.68 Å². The Morgan fingerprint density at radius 2 is 2.00 bits per heavy atom. The standard InChI is InChI=1S/C17H17N3O3/c1-2-22-17(21)11-20-10-15(18-19-20)12-23-16-8-7-13-5-3-4-6-14(13)9-16/h3-10H,2,11-12H2,1H3. The molecule has 0 radical (unpaired) electrons. The number of hydrogen-bond acceptors (Lipinski definition) is 5. The van der Waals surface area contributed by atoms with E-state index in [0.29, 0.717) is 18.9 Å². The van der Waals surface area contributed by atoms with Gasteiger partial charge in [0.05, 0.1) is 12.8 Å². The van der Waals surface area contributed by atoms with Crippen molar-refractivity contribution in [2.24, 2.45) is 0 Å². The highest BCUT2D eigenvalue weighted by atomic mass is 16.5. The van der Waals surface area contributed by atoms with Gasteiger partial charge < -0.3 is 9.47 Å². The minimum Gasteiger partial charge on any atom is -0.487 e. The third-order valence-corrected chi connectivity index (χ3v) is 3.29. The van der Waals surface area contributed by atoms with Crippen LogP contribution in [-0.4, -0.2) is 27.6 Å². The smallest absolute Gasteiger partial charge is 0.327 e. The molecule has 2 aromatic carbocycles. The molecule has 6 heteroatoms. The van der Waals surface area contributed by atoms with Crippen LogP contribution in [0, 0.1) is 0 Å². The molecular formula is C17H17N3O3. The zero-order chi connectivity index (χ0) is 16.1. The summed E-state index contributed by atoms with van der Waals surface area (Å²) < 4.78 is 12.0. The van der Waals surface area contributed by atoms with Crippen LogP contribution in [0.1, 0.15) is 12.6 Å². The topological polar surface area (TPSA) is 66.2 Å². The molecule has 0 unspecified atom stereocenters. The Labute approximate surface area is 133 Å². The third kappa shape index (κ3) is 3.85. The van der Waals surface area contributed by atoms with Crippen LogP contribution in [0.5, 0.6) is 5.75 Å². The van der Waals surface area contributed by atoms with E-state index in [4.69, 9.17) is 9.47 Å². The fourth-order valence-electron chi connectivity index (χ4n) is 2.24. The molecule has 0 amide bonds. The molecule has 0 atom stereocenters.